The molecular formula is C14H9ClFNOS. The molecule has 0 N–H and O–H groups in total. The minimum absolute atomic E-state index is 0.265. The van der Waals surface area contributed by atoms with Crippen molar-refractivity contribution in [3.8, 4) is 5.75 Å². The highest BCUT2D eigenvalue weighted by Gasteiger charge is 2.06. The minimum Gasteiger partial charge on any atom is -0.485 e. The van der Waals surface area contributed by atoms with E-state index >= 15 is 0 Å². The van der Waals surface area contributed by atoms with Crippen molar-refractivity contribution < 1.29 is 9.13 Å². The Kier molecular flexibility index (Phi) is 3.36. The lowest BCUT2D eigenvalue weighted by atomic mass is 10.3. The molecule has 0 bridgehead atoms. The van der Waals surface area contributed by atoms with Crippen LogP contribution in [0.25, 0.3) is 10.2 Å². The molecule has 0 aliphatic carbocycles. The summed E-state index contributed by atoms with van der Waals surface area (Å²) >= 11 is 7.46. The van der Waals surface area contributed by atoms with Crippen LogP contribution in [0.15, 0.2) is 42.5 Å². The maximum absolute atomic E-state index is 12.9. The van der Waals surface area contributed by atoms with Gasteiger partial charge in [-0.2, -0.15) is 0 Å². The van der Waals surface area contributed by atoms with E-state index in [-0.39, 0.29) is 10.8 Å². The van der Waals surface area contributed by atoms with E-state index in [9.17, 15) is 4.39 Å². The number of rotatable bonds is 3. The molecule has 1 heterocycles. The van der Waals surface area contributed by atoms with Crippen LogP contribution < -0.4 is 4.74 Å². The Morgan fingerprint density at radius 1 is 1.21 bits per heavy atom. The van der Waals surface area contributed by atoms with Crippen LogP contribution in [0.3, 0.4) is 0 Å². The van der Waals surface area contributed by atoms with Gasteiger partial charge in [0.15, 0.2) is 0 Å². The summed E-state index contributed by atoms with van der Waals surface area (Å²) in [6.45, 7) is 0.324. The molecule has 0 unspecified atom stereocenters. The number of nitrogens with zero attached hydrogens (tertiary/aromatic N) is 1. The quantitative estimate of drug-likeness (QED) is 0.700. The molecule has 19 heavy (non-hydrogen) atoms. The second-order valence-electron chi connectivity index (χ2n) is 3.94. The Bertz CT molecular complexity index is 695. The Morgan fingerprint density at radius 2 is 2.05 bits per heavy atom. The Hall–Kier alpha value is -1.65. The summed E-state index contributed by atoms with van der Waals surface area (Å²) in [6.07, 6.45) is 0. The Morgan fingerprint density at radius 3 is 2.84 bits per heavy atom. The van der Waals surface area contributed by atoms with Gasteiger partial charge in [-0.25, -0.2) is 9.37 Å². The number of para-hydroxylation sites is 1. The summed E-state index contributed by atoms with van der Waals surface area (Å²) < 4.78 is 19.6. The van der Waals surface area contributed by atoms with Gasteiger partial charge >= 0.3 is 0 Å². The van der Waals surface area contributed by atoms with Gasteiger partial charge in [0, 0.05) is 0 Å². The van der Waals surface area contributed by atoms with Crippen LogP contribution in [0.4, 0.5) is 4.39 Å². The first kappa shape index (κ1) is 12.4. The Balaban J connectivity index is 1.78. The molecule has 1 aromatic heterocycles. The number of halogens is 2. The van der Waals surface area contributed by atoms with Crippen molar-refractivity contribution >= 4 is 33.2 Å². The molecule has 0 amide bonds. The molecule has 3 rings (SSSR count). The van der Waals surface area contributed by atoms with Crippen molar-refractivity contribution in [2.45, 2.75) is 6.61 Å². The highest BCUT2D eigenvalue weighted by molar-refractivity contribution is 7.18. The van der Waals surface area contributed by atoms with Gasteiger partial charge in [0.2, 0.25) is 0 Å². The molecule has 3 aromatic rings. The second-order valence-corrected chi connectivity index (χ2v) is 5.46. The van der Waals surface area contributed by atoms with Crippen molar-refractivity contribution in [2.24, 2.45) is 0 Å². The number of aromatic nitrogens is 1. The predicted octanol–water partition coefficient (Wildman–Crippen LogP) is 4.67. The average molecular weight is 294 g/mol. The summed E-state index contributed by atoms with van der Waals surface area (Å²) in [5, 5.41) is 1.13. The highest BCUT2D eigenvalue weighted by atomic mass is 35.5. The van der Waals surface area contributed by atoms with Gasteiger partial charge in [-0.3, -0.25) is 0 Å². The van der Waals surface area contributed by atoms with Crippen LogP contribution in [0.2, 0.25) is 5.02 Å². The van der Waals surface area contributed by atoms with E-state index in [1.165, 1.54) is 18.2 Å². The zero-order chi connectivity index (χ0) is 13.2. The van der Waals surface area contributed by atoms with Gasteiger partial charge < -0.3 is 4.74 Å². The molecule has 0 aliphatic heterocycles. The molecule has 0 atom stereocenters. The van der Waals surface area contributed by atoms with Crippen LogP contribution in [0, 0.1) is 5.82 Å². The van der Waals surface area contributed by atoms with E-state index in [1.54, 1.807) is 11.3 Å². The molecule has 0 saturated heterocycles. The SMILES string of the molecule is Fc1ccc(OCc2nc3ccccc3s2)c(Cl)c1. The number of thiazole rings is 1. The van der Waals surface area contributed by atoms with Gasteiger partial charge in [-0.15, -0.1) is 11.3 Å². The molecule has 0 spiro atoms. The largest absolute Gasteiger partial charge is 0.485 e. The number of fused-ring (bicyclic) bond motifs is 1. The predicted molar refractivity (Wildman–Crippen MR) is 75.4 cm³/mol. The third-order valence-corrected chi connectivity index (χ3v) is 3.89. The average Bonchev–Trinajstić information content (AvgIpc) is 2.80. The zero-order valence-electron chi connectivity index (χ0n) is 9.77. The normalized spacial score (nSPS) is 10.8. The van der Waals surface area contributed by atoms with Crippen molar-refractivity contribution in [3.63, 3.8) is 0 Å². The summed E-state index contributed by atoms with van der Waals surface area (Å²) in [4.78, 5) is 4.45. The summed E-state index contributed by atoms with van der Waals surface area (Å²) in [6, 6.07) is 12.0. The van der Waals surface area contributed by atoms with E-state index in [2.05, 4.69) is 4.98 Å². The van der Waals surface area contributed by atoms with Gasteiger partial charge in [-0.1, -0.05) is 23.7 Å². The molecule has 5 heteroatoms. The lowest BCUT2D eigenvalue weighted by Gasteiger charge is -2.05. The van der Waals surface area contributed by atoms with Gasteiger partial charge in [0.1, 0.15) is 23.2 Å². The summed E-state index contributed by atoms with van der Waals surface area (Å²) in [5.74, 6) is 0.0830. The lowest BCUT2D eigenvalue weighted by molar-refractivity contribution is 0.305. The topological polar surface area (TPSA) is 22.1 Å². The van der Waals surface area contributed by atoms with E-state index in [4.69, 9.17) is 16.3 Å². The zero-order valence-corrected chi connectivity index (χ0v) is 11.3. The van der Waals surface area contributed by atoms with E-state index in [0.717, 1.165) is 15.2 Å². The maximum Gasteiger partial charge on any atom is 0.140 e. The van der Waals surface area contributed by atoms with Gasteiger partial charge in [0.05, 0.1) is 15.2 Å². The third-order valence-electron chi connectivity index (χ3n) is 2.58. The minimum atomic E-state index is -0.377. The standard InChI is InChI=1S/C14H9ClFNOS/c15-10-7-9(16)5-6-12(10)18-8-14-17-11-3-1-2-4-13(11)19-14/h1-7H,8H2. The molecule has 0 fully saturated rings. The van der Waals surface area contributed by atoms with Crippen molar-refractivity contribution in [1.82, 2.24) is 4.98 Å². The van der Waals surface area contributed by atoms with Crippen LogP contribution in [0.5, 0.6) is 5.75 Å². The molecule has 0 saturated carbocycles. The van der Waals surface area contributed by atoms with Gasteiger partial charge in [0.25, 0.3) is 0 Å². The molecule has 0 radical (unpaired) electrons. The highest BCUT2D eigenvalue weighted by Crippen LogP contribution is 2.27. The number of ether oxygens (including phenoxy) is 1. The number of hydrogen-bond donors (Lipinski definition) is 0. The van der Waals surface area contributed by atoms with Crippen LogP contribution in [-0.4, -0.2) is 4.98 Å². The fourth-order valence-corrected chi connectivity index (χ4v) is 2.82. The fourth-order valence-electron chi connectivity index (χ4n) is 1.71. The summed E-state index contributed by atoms with van der Waals surface area (Å²) in [5.41, 5.74) is 0.955. The smallest absolute Gasteiger partial charge is 0.140 e. The van der Waals surface area contributed by atoms with Crippen LogP contribution in [-0.2, 0) is 6.61 Å². The molecule has 2 nitrogen and oxygen atoms in total. The number of hydrogen-bond acceptors (Lipinski definition) is 3. The van der Waals surface area contributed by atoms with E-state index in [1.807, 2.05) is 24.3 Å². The first-order chi connectivity index (χ1) is 9.22. The van der Waals surface area contributed by atoms with Crippen molar-refractivity contribution in [1.29, 1.82) is 0 Å². The third kappa shape index (κ3) is 2.69. The first-order valence-electron chi connectivity index (χ1n) is 5.65. The van der Waals surface area contributed by atoms with Crippen molar-refractivity contribution in [2.75, 3.05) is 0 Å². The molecule has 0 aliphatic rings. The monoisotopic (exact) mass is 293 g/mol. The van der Waals surface area contributed by atoms with Gasteiger partial charge in [-0.05, 0) is 30.3 Å². The molecule has 2 aromatic carbocycles. The maximum atomic E-state index is 12.9. The van der Waals surface area contributed by atoms with Crippen LogP contribution >= 0.6 is 22.9 Å². The molecular weight excluding hydrogens is 285 g/mol. The lowest BCUT2D eigenvalue weighted by Crippen LogP contribution is -1.95. The second kappa shape index (κ2) is 5.15. The number of benzene rings is 2. The Labute approximate surface area is 118 Å². The fraction of sp³-hybridized carbons (Fsp3) is 0.0714. The summed E-state index contributed by atoms with van der Waals surface area (Å²) in [7, 11) is 0. The van der Waals surface area contributed by atoms with E-state index in [0.29, 0.717) is 12.4 Å². The van der Waals surface area contributed by atoms with Crippen molar-refractivity contribution in [3.05, 3.63) is 58.3 Å². The van der Waals surface area contributed by atoms with E-state index < -0.39 is 0 Å². The first-order valence-corrected chi connectivity index (χ1v) is 6.84. The molecule has 96 valence electrons. The van der Waals surface area contributed by atoms with Crippen LogP contribution in [0.1, 0.15) is 5.01 Å².